The molecule has 1 aromatic rings. The van der Waals surface area contributed by atoms with Crippen molar-refractivity contribution in [3.63, 3.8) is 0 Å². The van der Waals surface area contributed by atoms with E-state index in [0.29, 0.717) is 26.3 Å². The maximum atomic E-state index is 12.2. The number of nitrogens with one attached hydrogen (secondary N) is 1. The van der Waals surface area contributed by atoms with Gasteiger partial charge < -0.3 is 19.7 Å². The van der Waals surface area contributed by atoms with Gasteiger partial charge >= 0.3 is 0 Å². The monoisotopic (exact) mass is 306 g/mol. The molecule has 0 aliphatic carbocycles. The molecule has 1 saturated heterocycles. The summed E-state index contributed by atoms with van der Waals surface area (Å²) < 4.78 is 10.3. The van der Waals surface area contributed by atoms with Crippen LogP contribution in [0, 0.1) is 0 Å². The first-order valence-corrected chi connectivity index (χ1v) is 7.39. The molecule has 1 aromatic carbocycles. The quantitative estimate of drug-likeness (QED) is 0.865. The van der Waals surface area contributed by atoms with Crippen LogP contribution in [-0.2, 0) is 20.7 Å². The van der Waals surface area contributed by atoms with Crippen LogP contribution in [0.25, 0.3) is 0 Å². The number of methoxy groups -OCH3 is 1. The van der Waals surface area contributed by atoms with E-state index in [2.05, 4.69) is 5.32 Å². The van der Waals surface area contributed by atoms with Crippen molar-refractivity contribution < 1.29 is 19.1 Å². The summed E-state index contributed by atoms with van der Waals surface area (Å²) >= 11 is 0. The van der Waals surface area contributed by atoms with Crippen molar-refractivity contribution in [3.05, 3.63) is 29.8 Å². The molecule has 1 heterocycles. The second-order valence-corrected chi connectivity index (χ2v) is 5.25. The van der Waals surface area contributed by atoms with Crippen LogP contribution in [-0.4, -0.2) is 56.2 Å². The predicted molar refractivity (Wildman–Crippen MR) is 81.7 cm³/mol. The molecule has 0 aromatic heterocycles. The van der Waals surface area contributed by atoms with Crippen LogP contribution in [0.1, 0.15) is 12.5 Å². The zero-order valence-corrected chi connectivity index (χ0v) is 13.0. The van der Waals surface area contributed by atoms with E-state index >= 15 is 0 Å². The zero-order valence-electron chi connectivity index (χ0n) is 13.0. The molecule has 22 heavy (non-hydrogen) atoms. The standard InChI is InChI=1S/C16H22N2O4/c1-12(16(20)18-7-9-22-10-8-18)17-15(19)11-13-3-5-14(21-2)6-4-13/h3-6,12H,7-11H2,1-2H3,(H,17,19)/t12-/m0/s1. The maximum absolute atomic E-state index is 12.2. The van der Waals surface area contributed by atoms with Gasteiger partial charge in [0.1, 0.15) is 11.8 Å². The highest BCUT2D eigenvalue weighted by Crippen LogP contribution is 2.11. The Morgan fingerprint density at radius 2 is 1.91 bits per heavy atom. The summed E-state index contributed by atoms with van der Waals surface area (Å²) in [6.45, 7) is 3.98. The van der Waals surface area contributed by atoms with E-state index in [4.69, 9.17) is 9.47 Å². The van der Waals surface area contributed by atoms with Crippen molar-refractivity contribution in [2.45, 2.75) is 19.4 Å². The fraction of sp³-hybridized carbons (Fsp3) is 0.500. The van der Waals surface area contributed by atoms with E-state index in [-0.39, 0.29) is 18.2 Å². The van der Waals surface area contributed by atoms with Gasteiger partial charge in [-0.05, 0) is 24.6 Å². The van der Waals surface area contributed by atoms with Gasteiger partial charge in [-0.15, -0.1) is 0 Å². The van der Waals surface area contributed by atoms with Gasteiger partial charge in [0.05, 0.1) is 26.7 Å². The molecule has 1 aliphatic rings. The molecule has 6 nitrogen and oxygen atoms in total. The molecule has 0 bridgehead atoms. The lowest BCUT2D eigenvalue weighted by Crippen LogP contribution is -2.50. The third kappa shape index (κ3) is 4.46. The van der Waals surface area contributed by atoms with Crippen molar-refractivity contribution in [3.8, 4) is 5.75 Å². The number of carbonyl (C=O) groups is 2. The van der Waals surface area contributed by atoms with Crippen LogP contribution >= 0.6 is 0 Å². The Hall–Kier alpha value is -2.08. The Bertz CT molecular complexity index is 509. The van der Waals surface area contributed by atoms with Gasteiger partial charge in [0.2, 0.25) is 11.8 Å². The first kappa shape index (κ1) is 16.3. The van der Waals surface area contributed by atoms with E-state index in [1.807, 2.05) is 24.3 Å². The number of nitrogens with zero attached hydrogens (tertiary/aromatic N) is 1. The second kappa shape index (κ2) is 7.79. The summed E-state index contributed by atoms with van der Waals surface area (Å²) in [5, 5.41) is 2.75. The molecule has 0 saturated carbocycles. The summed E-state index contributed by atoms with van der Waals surface area (Å²) in [6, 6.07) is 6.78. The van der Waals surface area contributed by atoms with E-state index < -0.39 is 6.04 Å². The van der Waals surface area contributed by atoms with E-state index in [0.717, 1.165) is 11.3 Å². The highest BCUT2D eigenvalue weighted by Gasteiger charge is 2.23. The van der Waals surface area contributed by atoms with Crippen LogP contribution in [0.5, 0.6) is 5.75 Å². The molecule has 1 N–H and O–H groups in total. The minimum absolute atomic E-state index is 0.0635. The molecule has 0 radical (unpaired) electrons. The molecule has 1 atom stereocenters. The van der Waals surface area contributed by atoms with Crippen molar-refractivity contribution in [1.82, 2.24) is 10.2 Å². The lowest BCUT2D eigenvalue weighted by atomic mass is 10.1. The predicted octanol–water partition coefficient (Wildman–Crippen LogP) is 0.601. The first-order chi connectivity index (χ1) is 10.6. The van der Waals surface area contributed by atoms with Gasteiger partial charge in [0, 0.05) is 13.1 Å². The largest absolute Gasteiger partial charge is 0.497 e. The fourth-order valence-corrected chi connectivity index (χ4v) is 2.34. The number of carbonyl (C=O) groups excluding carboxylic acids is 2. The zero-order chi connectivity index (χ0) is 15.9. The lowest BCUT2D eigenvalue weighted by molar-refractivity contribution is -0.139. The molecular formula is C16H22N2O4. The minimum atomic E-state index is -0.524. The summed E-state index contributed by atoms with van der Waals surface area (Å²) in [6.07, 6.45) is 0.241. The number of rotatable bonds is 5. The van der Waals surface area contributed by atoms with Gasteiger partial charge in [0.15, 0.2) is 0 Å². The highest BCUT2D eigenvalue weighted by molar-refractivity contribution is 5.88. The topological polar surface area (TPSA) is 67.9 Å². The number of hydrogen-bond donors (Lipinski definition) is 1. The number of benzene rings is 1. The average molecular weight is 306 g/mol. The molecule has 2 rings (SSSR count). The van der Waals surface area contributed by atoms with Crippen LogP contribution in [0.15, 0.2) is 24.3 Å². The van der Waals surface area contributed by atoms with Crippen molar-refractivity contribution >= 4 is 11.8 Å². The Labute approximate surface area is 130 Å². The summed E-state index contributed by atoms with van der Waals surface area (Å²) in [4.78, 5) is 26.0. The van der Waals surface area contributed by atoms with Crippen LogP contribution in [0.3, 0.4) is 0 Å². The smallest absolute Gasteiger partial charge is 0.245 e. The Morgan fingerprint density at radius 1 is 1.27 bits per heavy atom. The third-order valence-corrected chi connectivity index (χ3v) is 3.59. The Balaban J connectivity index is 1.83. The highest BCUT2D eigenvalue weighted by atomic mass is 16.5. The van der Waals surface area contributed by atoms with Crippen LogP contribution in [0.2, 0.25) is 0 Å². The first-order valence-electron chi connectivity index (χ1n) is 7.39. The van der Waals surface area contributed by atoms with E-state index in [9.17, 15) is 9.59 Å². The minimum Gasteiger partial charge on any atom is -0.497 e. The van der Waals surface area contributed by atoms with Gasteiger partial charge in [-0.25, -0.2) is 0 Å². The molecular weight excluding hydrogens is 284 g/mol. The number of hydrogen-bond acceptors (Lipinski definition) is 4. The normalized spacial score (nSPS) is 16.0. The van der Waals surface area contributed by atoms with Crippen LogP contribution < -0.4 is 10.1 Å². The summed E-state index contributed by atoms with van der Waals surface area (Å²) in [7, 11) is 1.60. The number of ether oxygens (including phenoxy) is 2. The van der Waals surface area contributed by atoms with Gasteiger partial charge in [-0.1, -0.05) is 12.1 Å². The third-order valence-electron chi connectivity index (χ3n) is 3.59. The van der Waals surface area contributed by atoms with Crippen molar-refractivity contribution in [1.29, 1.82) is 0 Å². The molecule has 0 unspecified atom stereocenters. The average Bonchev–Trinajstić information content (AvgIpc) is 2.55. The molecule has 6 heteroatoms. The lowest BCUT2D eigenvalue weighted by Gasteiger charge is -2.29. The SMILES string of the molecule is COc1ccc(CC(=O)N[C@@H](C)C(=O)N2CCOCC2)cc1. The molecule has 2 amide bonds. The molecule has 1 aliphatic heterocycles. The van der Waals surface area contributed by atoms with Gasteiger partial charge in [0.25, 0.3) is 0 Å². The van der Waals surface area contributed by atoms with Crippen LogP contribution in [0.4, 0.5) is 0 Å². The van der Waals surface area contributed by atoms with Gasteiger partial charge in [-0.2, -0.15) is 0 Å². The van der Waals surface area contributed by atoms with E-state index in [1.165, 1.54) is 0 Å². The van der Waals surface area contributed by atoms with Crippen molar-refractivity contribution in [2.24, 2.45) is 0 Å². The Morgan fingerprint density at radius 3 is 2.50 bits per heavy atom. The summed E-state index contributed by atoms with van der Waals surface area (Å²) in [5.74, 6) is 0.519. The molecule has 1 fully saturated rings. The summed E-state index contributed by atoms with van der Waals surface area (Å²) in [5.41, 5.74) is 0.879. The van der Waals surface area contributed by atoms with Gasteiger partial charge in [-0.3, -0.25) is 9.59 Å². The van der Waals surface area contributed by atoms with E-state index in [1.54, 1.807) is 18.9 Å². The maximum Gasteiger partial charge on any atom is 0.245 e. The number of morpholine rings is 1. The second-order valence-electron chi connectivity index (χ2n) is 5.25. The fourth-order valence-electron chi connectivity index (χ4n) is 2.34. The molecule has 120 valence electrons. The molecule has 0 spiro atoms. The Kier molecular flexibility index (Phi) is 5.77. The van der Waals surface area contributed by atoms with Crippen molar-refractivity contribution in [2.75, 3.05) is 33.4 Å². The number of amides is 2.